The number of sulfonamides is 1. The summed E-state index contributed by atoms with van der Waals surface area (Å²) in [6.07, 6.45) is 0. The Morgan fingerprint density at radius 3 is 2.41 bits per heavy atom. The van der Waals surface area contributed by atoms with Gasteiger partial charge in [-0.1, -0.05) is 29.5 Å². The first-order chi connectivity index (χ1) is 15.3. The molecule has 0 radical (unpaired) electrons. The van der Waals surface area contributed by atoms with Crippen molar-refractivity contribution in [2.24, 2.45) is 0 Å². The number of fused-ring (bicyclic) bond motifs is 1. The van der Waals surface area contributed by atoms with Crippen LogP contribution in [0.1, 0.15) is 17.3 Å². The molecule has 3 aromatic carbocycles. The van der Waals surface area contributed by atoms with Crippen molar-refractivity contribution in [1.82, 2.24) is 4.98 Å². The van der Waals surface area contributed by atoms with E-state index in [1.54, 1.807) is 37.3 Å². The van der Waals surface area contributed by atoms with Gasteiger partial charge in [-0.3, -0.25) is 14.4 Å². The number of nitrogens with zero attached hydrogens (tertiary/aromatic N) is 2. The Balaban J connectivity index is 1.55. The molecule has 1 heterocycles. The Bertz CT molecular complexity index is 1390. The van der Waals surface area contributed by atoms with Crippen LogP contribution < -0.4 is 9.62 Å². The minimum Gasteiger partial charge on any atom is -0.298 e. The number of carbonyl (C=O) groups is 1. The van der Waals surface area contributed by atoms with E-state index in [9.17, 15) is 22.0 Å². The zero-order valence-corrected chi connectivity index (χ0v) is 18.4. The third kappa shape index (κ3) is 4.19. The number of thiazole rings is 1. The highest BCUT2D eigenvalue weighted by Gasteiger charge is 2.24. The molecular formula is C22H17F2N3O3S2. The summed E-state index contributed by atoms with van der Waals surface area (Å²) in [5.41, 5.74) is 0.697. The van der Waals surface area contributed by atoms with Crippen LogP contribution in [-0.4, -0.2) is 25.9 Å². The number of anilines is 2. The number of halogens is 2. The van der Waals surface area contributed by atoms with E-state index in [1.807, 2.05) is 0 Å². The van der Waals surface area contributed by atoms with E-state index in [0.717, 1.165) is 23.5 Å². The number of amides is 1. The maximum Gasteiger partial charge on any atom is 0.264 e. The van der Waals surface area contributed by atoms with Gasteiger partial charge in [0.2, 0.25) is 0 Å². The standard InChI is InChI=1S/C22H17F2N3O3S2/c1-2-27(16-6-4-3-5-7-16)32(29,30)17-10-8-14(9-11-17)21(28)26-22-25-20-18(24)12-15(23)13-19(20)31-22/h3-13H,2H2,1H3,(H,25,26,28). The second-order valence-corrected chi connectivity index (χ2v) is 9.63. The first-order valence-corrected chi connectivity index (χ1v) is 11.8. The van der Waals surface area contributed by atoms with Crippen LogP contribution in [0.3, 0.4) is 0 Å². The SMILES string of the molecule is CCN(c1ccccc1)S(=O)(=O)c1ccc(C(=O)Nc2nc3c(F)cc(F)cc3s2)cc1. The summed E-state index contributed by atoms with van der Waals surface area (Å²) in [5.74, 6) is -2.10. The number of hydrogen-bond acceptors (Lipinski definition) is 5. The molecule has 0 saturated heterocycles. The van der Waals surface area contributed by atoms with Crippen LogP contribution in [-0.2, 0) is 10.0 Å². The van der Waals surface area contributed by atoms with Crippen molar-refractivity contribution < 1.29 is 22.0 Å². The van der Waals surface area contributed by atoms with Crippen molar-refractivity contribution >= 4 is 48.3 Å². The van der Waals surface area contributed by atoms with Crippen molar-refractivity contribution in [3.63, 3.8) is 0 Å². The summed E-state index contributed by atoms with van der Waals surface area (Å²) >= 11 is 0.935. The molecular weight excluding hydrogens is 456 g/mol. The van der Waals surface area contributed by atoms with E-state index in [0.29, 0.717) is 5.69 Å². The Hall–Kier alpha value is -3.37. The van der Waals surface area contributed by atoms with E-state index >= 15 is 0 Å². The highest BCUT2D eigenvalue weighted by atomic mass is 32.2. The molecule has 0 atom stereocenters. The summed E-state index contributed by atoms with van der Waals surface area (Å²) in [6.45, 7) is 1.97. The number of hydrogen-bond donors (Lipinski definition) is 1. The summed E-state index contributed by atoms with van der Waals surface area (Å²) in [4.78, 5) is 16.6. The van der Waals surface area contributed by atoms with E-state index in [-0.39, 0.29) is 32.4 Å². The molecule has 0 fully saturated rings. The first-order valence-electron chi connectivity index (χ1n) is 9.54. The smallest absolute Gasteiger partial charge is 0.264 e. The fraction of sp³-hybridized carbons (Fsp3) is 0.0909. The second kappa shape index (κ2) is 8.64. The number of rotatable bonds is 6. The number of carbonyl (C=O) groups excluding carboxylic acids is 1. The average molecular weight is 474 g/mol. The lowest BCUT2D eigenvalue weighted by Gasteiger charge is -2.22. The molecule has 0 bridgehead atoms. The van der Waals surface area contributed by atoms with Gasteiger partial charge in [0.15, 0.2) is 10.9 Å². The summed E-state index contributed by atoms with van der Waals surface area (Å²) in [7, 11) is -3.82. The van der Waals surface area contributed by atoms with Crippen LogP contribution in [0, 0.1) is 11.6 Å². The van der Waals surface area contributed by atoms with Gasteiger partial charge in [0.1, 0.15) is 11.3 Å². The summed E-state index contributed by atoms with van der Waals surface area (Å²) < 4.78 is 54.8. The molecule has 0 saturated carbocycles. The van der Waals surface area contributed by atoms with Crippen LogP contribution in [0.25, 0.3) is 10.2 Å². The minimum atomic E-state index is -3.82. The van der Waals surface area contributed by atoms with Gasteiger partial charge in [-0.2, -0.15) is 0 Å². The average Bonchev–Trinajstić information content (AvgIpc) is 3.17. The van der Waals surface area contributed by atoms with Crippen molar-refractivity contribution in [2.75, 3.05) is 16.2 Å². The van der Waals surface area contributed by atoms with Gasteiger partial charge in [0.25, 0.3) is 15.9 Å². The second-order valence-electron chi connectivity index (χ2n) is 6.74. The zero-order chi connectivity index (χ0) is 22.9. The molecule has 0 spiro atoms. The van der Waals surface area contributed by atoms with E-state index < -0.39 is 27.6 Å². The lowest BCUT2D eigenvalue weighted by Crippen LogP contribution is -2.30. The molecule has 4 rings (SSSR count). The Morgan fingerprint density at radius 1 is 1.06 bits per heavy atom. The quantitative estimate of drug-likeness (QED) is 0.425. The predicted molar refractivity (Wildman–Crippen MR) is 121 cm³/mol. The largest absolute Gasteiger partial charge is 0.298 e. The van der Waals surface area contributed by atoms with Crippen LogP contribution >= 0.6 is 11.3 Å². The van der Waals surface area contributed by atoms with Gasteiger partial charge in [0, 0.05) is 18.2 Å². The zero-order valence-electron chi connectivity index (χ0n) is 16.7. The van der Waals surface area contributed by atoms with Crippen LogP contribution in [0.4, 0.5) is 19.6 Å². The van der Waals surface area contributed by atoms with Crippen LogP contribution in [0.5, 0.6) is 0 Å². The third-order valence-electron chi connectivity index (χ3n) is 4.67. The molecule has 1 N–H and O–H groups in total. The van der Waals surface area contributed by atoms with E-state index in [4.69, 9.17) is 0 Å². The van der Waals surface area contributed by atoms with Crippen LogP contribution in [0.15, 0.2) is 71.6 Å². The third-order valence-corrected chi connectivity index (χ3v) is 7.50. The fourth-order valence-corrected chi connectivity index (χ4v) is 5.55. The van der Waals surface area contributed by atoms with E-state index in [1.165, 1.54) is 28.6 Å². The van der Waals surface area contributed by atoms with Crippen molar-refractivity contribution in [3.8, 4) is 0 Å². The molecule has 0 unspecified atom stereocenters. The molecule has 1 amide bonds. The molecule has 1 aromatic heterocycles. The first kappa shape index (κ1) is 21.8. The molecule has 10 heteroatoms. The predicted octanol–water partition coefficient (Wildman–Crippen LogP) is 5.04. The van der Waals surface area contributed by atoms with E-state index in [2.05, 4.69) is 10.3 Å². The van der Waals surface area contributed by atoms with Crippen molar-refractivity contribution in [2.45, 2.75) is 11.8 Å². The Labute approximate surface area is 187 Å². The molecule has 164 valence electrons. The number of nitrogens with one attached hydrogen (secondary N) is 1. The molecule has 0 aliphatic rings. The minimum absolute atomic E-state index is 0.0336. The van der Waals surface area contributed by atoms with Gasteiger partial charge in [-0.05, 0) is 49.4 Å². The molecule has 4 aromatic rings. The van der Waals surface area contributed by atoms with Gasteiger partial charge >= 0.3 is 0 Å². The topological polar surface area (TPSA) is 79.4 Å². The molecule has 6 nitrogen and oxygen atoms in total. The molecule has 0 aliphatic heterocycles. The fourth-order valence-electron chi connectivity index (χ4n) is 3.17. The van der Waals surface area contributed by atoms with Gasteiger partial charge in [-0.15, -0.1) is 0 Å². The summed E-state index contributed by atoms with van der Waals surface area (Å²) in [6, 6.07) is 16.0. The molecule has 0 aliphatic carbocycles. The summed E-state index contributed by atoms with van der Waals surface area (Å²) in [5, 5.41) is 2.64. The Kier molecular flexibility index (Phi) is 5.90. The highest BCUT2D eigenvalue weighted by molar-refractivity contribution is 7.92. The number of aromatic nitrogens is 1. The van der Waals surface area contributed by atoms with Gasteiger partial charge in [0.05, 0.1) is 15.3 Å². The maximum absolute atomic E-state index is 13.8. The molecule has 32 heavy (non-hydrogen) atoms. The normalized spacial score (nSPS) is 11.5. The maximum atomic E-state index is 13.8. The lowest BCUT2D eigenvalue weighted by molar-refractivity contribution is 0.102. The highest BCUT2D eigenvalue weighted by Crippen LogP contribution is 2.29. The van der Waals surface area contributed by atoms with Gasteiger partial charge in [-0.25, -0.2) is 22.2 Å². The van der Waals surface area contributed by atoms with Crippen LogP contribution in [0.2, 0.25) is 0 Å². The monoisotopic (exact) mass is 473 g/mol. The number of para-hydroxylation sites is 1. The van der Waals surface area contributed by atoms with Crippen molar-refractivity contribution in [1.29, 1.82) is 0 Å². The number of benzene rings is 3. The van der Waals surface area contributed by atoms with Crippen molar-refractivity contribution in [3.05, 3.63) is 83.9 Å². The van der Waals surface area contributed by atoms with Gasteiger partial charge < -0.3 is 0 Å². The Morgan fingerprint density at radius 2 is 1.75 bits per heavy atom. The lowest BCUT2D eigenvalue weighted by atomic mass is 10.2.